The van der Waals surface area contributed by atoms with E-state index in [0.29, 0.717) is 0 Å². The second kappa shape index (κ2) is 6.52. The first-order valence-corrected chi connectivity index (χ1v) is 4.67. The second-order valence-electron chi connectivity index (χ2n) is 5.99. The lowest BCUT2D eigenvalue weighted by Gasteiger charge is -2.50. The lowest BCUT2D eigenvalue weighted by atomic mass is 9.55. The minimum Gasteiger partial charge on any atom is -0.396 e. The molecule has 0 aromatic heterocycles. The van der Waals surface area contributed by atoms with Crippen LogP contribution in [0, 0.1) is 16.2 Å². The summed E-state index contributed by atoms with van der Waals surface area (Å²) in [5.74, 6) is 0. The van der Waals surface area contributed by atoms with Crippen LogP contribution < -0.4 is 0 Å². The van der Waals surface area contributed by atoms with E-state index in [4.69, 9.17) is 0 Å². The first-order valence-electron chi connectivity index (χ1n) is 4.67. The quantitative estimate of drug-likeness (QED) is 0.660. The average Bonchev–Trinajstić information content (AvgIpc) is 1.81. The normalized spacial score (nSPS) is 12.0. The molecule has 0 fully saturated rings. The molecule has 0 amide bonds. The molecule has 0 saturated carbocycles. The van der Waals surface area contributed by atoms with Gasteiger partial charge in [0.25, 0.3) is 0 Å². The third-order valence-electron chi connectivity index (χ3n) is 3.63. The van der Waals surface area contributed by atoms with Gasteiger partial charge in [0, 0.05) is 12.0 Å². The van der Waals surface area contributed by atoms with Gasteiger partial charge in [-0.2, -0.15) is 0 Å². The molecule has 0 spiro atoms. The van der Waals surface area contributed by atoms with Crippen molar-refractivity contribution < 1.29 is 5.11 Å². The minimum absolute atomic E-state index is 0. The van der Waals surface area contributed by atoms with Gasteiger partial charge in [-0.3, -0.25) is 0 Å². The lowest BCUT2D eigenvalue weighted by Crippen LogP contribution is -2.46. The third kappa shape index (κ3) is 4.55. The predicted octanol–water partition coefficient (Wildman–Crippen LogP) is 4.99. The molecule has 1 heteroatoms. The maximum atomic E-state index is 9.46. The molecule has 1 nitrogen and oxygen atoms in total. The summed E-state index contributed by atoms with van der Waals surface area (Å²) in [6.07, 6.45) is 0. The van der Waals surface area contributed by atoms with Gasteiger partial charge in [-0.25, -0.2) is 0 Å². The van der Waals surface area contributed by atoms with Gasteiger partial charge in [-0.05, 0) is 10.8 Å². The Morgan fingerprint density at radius 3 is 0.867 bits per heavy atom. The Morgan fingerprint density at radius 1 is 0.667 bits per heavy atom. The summed E-state index contributed by atoms with van der Waals surface area (Å²) in [4.78, 5) is 0. The summed E-state index contributed by atoms with van der Waals surface area (Å²) in [5, 5.41) is 9.46. The summed E-state index contributed by atoms with van der Waals surface area (Å²) in [6.45, 7) is 15.5. The summed E-state index contributed by atoms with van der Waals surface area (Å²) in [6, 6.07) is 0. The van der Waals surface area contributed by atoms with Gasteiger partial charge in [-0.1, -0.05) is 70.7 Å². The van der Waals surface area contributed by atoms with E-state index in [1.54, 1.807) is 0 Å². The Balaban J connectivity index is -0.000000202. The first kappa shape index (κ1) is 24.3. The lowest BCUT2D eigenvalue weighted by molar-refractivity contribution is -0.0596. The molecular formula is C14H36O. The molecule has 0 atom stereocenters. The smallest absolute Gasteiger partial charge is 0.0494 e. The van der Waals surface area contributed by atoms with Crippen molar-refractivity contribution in [2.75, 3.05) is 6.61 Å². The van der Waals surface area contributed by atoms with E-state index in [1.165, 1.54) is 0 Å². The zero-order valence-electron chi connectivity index (χ0n) is 9.65. The zero-order valence-corrected chi connectivity index (χ0v) is 9.65. The summed E-state index contributed by atoms with van der Waals surface area (Å²) in [5.41, 5.74) is 0.250. The van der Waals surface area contributed by atoms with Crippen LogP contribution in [0.1, 0.15) is 70.7 Å². The number of aliphatic hydroxyl groups is 1. The monoisotopic (exact) mass is 220 g/mol. The third-order valence-corrected chi connectivity index (χ3v) is 3.63. The van der Waals surface area contributed by atoms with Crippen molar-refractivity contribution in [3.8, 4) is 0 Å². The van der Waals surface area contributed by atoms with Crippen molar-refractivity contribution in [1.29, 1.82) is 0 Å². The molecule has 15 heavy (non-hydrogen) atoms. The Morgan fingerprint density at radius 2 is 0.867 bits per heavy atom. The van der Waals surface area contributed by atoms with Gasteiger partial charge in [0.2, 0.25) is 0 Å². The number of aliphatic hydroxyl groups excluding tert-OH is 1. The maximum absolute atomic E-state index is 9.46. The molecule has 0 aliphatic heterocycles. The van der Waals surface area contributed by atoms with E-state index in [0.717, 1.165) is 0 Å². The van der Waals surface area contributed by atoms with Gasteiger partial charge >= 0.3 is 0 Å². The second-order valence-corrected chi connectivity index (χ2v) is 5.99. The van der Waals surface area contributed by atoms with E-state index in [2.05, 4.69) is 48.5 Å². The van der Waals surface area contributed by atoms with Crippen LogP contribution in [0.3, 0.4) is 0 Å². The molecule has 0 saturated heterocycles. The van der Waals surface area contributed by atoms with Gasteiger partial charge in [0.1, 0.15) is 0 Å². The Labute approximate surface area is 99.3 Å². The molecule has 0 aromatic carbocycles. The van der Waals surface area contributed by atoms with Crippen LogP contribution >= 0.6 is 0 Å². The Bertz CT molecular complexity index is 132. The Hall–Kier alpha value is -0.0400. The van der Waals surface area contributed by atoms with Crippen LogP contribution in [0.2, 0.25) is 0 Å². The highest BCUT2D eigenvalue weighted by Crippen LogP contribution is 2.50. The van der Waals surface area contributed by atoms with Crippen LogP contribution in [0.25, 0.3) is 0 Å². The number of rotatable bonds is 1. The van der Waals surface area contributed by atoms with Gasteiger partial charge in [0.15, 0.2) is 0 Å². The predicted molar refractivity (Wildman–Crippen MR) is 74.3 cm³/mol. The van der Waals surface area contributed by atoms with Crippen molar-refractivity contribution in [2.45, 2.75) is 70.7 Å². The van der Waals surface area contributed by atoms with Gasteiger partial charge in [-0.15, -0.1) is 0 Å². The summed E-state index contributed by atoms with van der Waals surface area (Å²) in [7, 11) is 0. The highest BCUT2D eigenvalue weighted by atomic mass is 16.3. The van der Waals surface area contributed by atoms with E-state index in [9.17, 15) is 5.11 Å². The Kier molecular flexibility index (Phi) is 10.6. The summed E-state index contributed by atoms with van der Waals surface area (Å²) >= 11 is 0. The number of hydrogen-bond donors (Lipinski definition) is 1. The fraction of sp³-hybridized carbons (Fsp3) is 1.00. The zero-order chi connectivity index (χ0) is 10.2. The molecule has 98 valence electrons. The van der Waals surface area contributed by atoms with Crippen molar-refractivity contribution in [3.63, 3.8) is 0 Å². The first-order chi connectivity index (χ1) is 5.06. The molecule has 0 radical (unpaired) electrons. The molecule has 0 rings (SSSR count). The van der Waals surface area contributed by atoms with Crippen LogP contribution in [-0.4, -0.2) is 11.7 Å². The summed E-state index contributed by atoms with van der Waals surface area (Å²) < 4.78 is 0. The maximum Gasteiger partial charge on any atom is 0.0494 e. The molecule has 0 aliphatic carbocycles. The van der Waals surface area contributed by atoms with Crippen LogP contribution in [0.4, 0.5) is 0 Å². The fourth-order valence-electron chi connectivity index (χ4n) is 1.60. The van der Waals surface area contributed by atoms with Crippen LogP contribution in [-0.2, 0) is 0 Å². The van der Waals surface area contributed by atoms with E-state index in [1.807, 2.05) is 0 Å². The van der Waals surface area contributed by atoms with Crippen molar-refractivity contribution in [3.05, 3.63) is 0 Å². The number of hydrogen-bond acceptors (Lipinski definition) is 1. The van der Waals surface area contributed by atoms with Gasteiger partial charge < -0.3 is 5.11 Å². The molecule has 0 aromatic rings. The molecule has 1 N–H and O–H groups in total. The SMILES string of the molecule is C.C.C.CC(C)(C)C(C)(CO)C(C)(C)C. The van der Waals surface area contributed by atoms with Gasteiger partial charge in [0.05, 0.1) is 0 Å². The van der Waals surface area contributed by atoms with Crippen LogP contribution in [0.15, 0.2) is 0 Å². The van der Waals surface area contributed by atoms with E-state index >= 15 is 0 Å². The average molecular weight is 220 g/mol. The highest BCUT2D eigenvalue weighted by molar-refractivity contribution is 4.94. The topological polar surface area (TPSA) is 20.2 Å². The standard InChI is InChI=1S/C11H24O.3CH4/c1-9(2,3)11(7,8-12)10(4,5)6;;;/h12H,8H2,1-7H3;3*1H4. The molecular weight excluding hydrogens is 184 g/mol. The van der Waals surface area contributed by atoms with Crippen molar-refractivity contribution in [2.24, 2.45) is 16.2 Å². The minimum atomic E-state index is -0.0278. The molecule has 0 bridgehead atoms. The van der Waals surface area contributed by atoms with Crippen molar-refractivity contribution >= 4 is 0 Å². The van der Waals surface area contributed by atoms with E-state index in [-0.39, 0.29) is 45.1 Å². The van der Waals surface area contributed by atoms with Crippen LogP contribution in [0.5, 0.6) is 0 Å². The van der Waals surface area contributed by atoms with Crippen molar-refractivity contribution in [1.82, 2.24) is 0 Å². The molecule has 0 aliphatic rings. The van der Waals surface area contributed by atoms with E-state index < -0.39 is 0 Å². The highest BCUT2D eigenvalue weighted by Gasteiger charge is 2.45. The molecule has 0 heterocycles. The fourth-order valence-corrected chi connectivity index (χ4v) is 1.60. The molecule has 0 unspecified atom stereocenters. The largest absolute Gasteiger partial charge is 0.396 e.